The smallest absolute Gasteiger partial charge is 0.388 e. The molecular weight excluding hydrogens is 569 g/mol. The molecule has 44 heavy (non-hydrogen) atoms. The summed E-state index contributed by atoms with van der Waals surface area (Å²) in [6.07, 6.45) is 11.0. The van der Waals surface area contributed by atoms with Gasteiger partial charge in [-0.1, -0.05) is 33.1 Å². The summed E-state index contributed by atoms with van der Waals surface area (Å²) in [5, 5.41) is 6.38. The van der Waals surface area contributed by atoms with Crippen LogP contribution in [0.15, 0.2) is 23.0 Å². The summed E-state index contributed by atoms with van der Waals surface area (Å²) in [7, 11) is 0. The quantitative estimate of drug-likeness (QED) is 0.125. The molecule has 0 radical (unpaired) electrons. The van der Waals surface area contributed by atoms with Crippen molar-refractivity contribution in [3.8, 4) is 0 Å². The Bertz CT molecular complexity index is 1120. The van der Waals surface area contributed by atoms with Crippen molar-refractivity contribution < 1.29 is 18.0 Å². The molecule has 3 heterocycles. The van der Waals surface area contributed by atoms with E-state index in [-0.39, 0.29) is 36.0 Å². The first-order chi connectivity index (χ1) is 21.2. The number of halogens is 3. The van der Waals surface area contributed by atoms with Crippen molar-refractivity contribution in [2.75, 3.05) is 38.0 Å². The predicted octanol–water partition coefficient (Wildman–Crippen LogP) is 6.01. The van der Waals surface area contributed by atoms with Crippen LogP contribution in [0, 0.1) is 5.92 Å². The number of carbonyl (C=O) groups excluding carboxylic acids is 1. The van der Waals surface area contributed by atoms with Crippen LogP contribution in [0.25, 0.3) is 0 Å². The number of amidine groups is 1. The number of likely N-dealkylation sites (tertiary alicyclic amines) is 2. The first kappa shape index (κ1) is 34.0. The number of alkyl halides is 3. The standard InChI is InChI=1S/C32H51F3N8O/c1-3-9-25(10-4-2)42-19-14-24(15-20-42)38-21-26(23-12-13-23)29(36)40-31-39-22-27(32(33,34)35)30(41-31)37-16-8-18-43-17-7-5-6-11-28(43)44/h21-25,38H,3-20H2,1-2H3,(H3,36,37,39,40,41)/b26-21-. The average Bonchev–Trinajstić information content (AvgIpc) is 3.84. The summed E-state index contributed by atoms with van der Waals surface area (Å²) in [5.74, 6) is 0.179. The largest absolute Gasteiger partial charge is 0.421 e. The van der Waals surface area contributed by atoms with Gasteiger partial charge in [-0.2, -0.15) is 23.1 Å². The van der Waals surface area contributed by atoms with Crippen molar-refractivity contribution in [3.05, 3.63) is 23.5 Å². The van der Waals surface area contributed by atoms with Crippen LogP contribution in [0.1, 0.15) is 103 Å². The van der Waals surface area contributed by atoms with Crippen LogP contribution in [0.4, 0.5) is 24.9 Å². The normalized spacial score (nSPS) is 19.9. The Balaban J connectivity index is 1.38. The Hall–Kier alpha value is -2.89. The molecule has 0 spiro atoms. The molecule has 0 aromatic carbocycles. The fraction of sp³-hybridized carbons (Fsp3) is 0.750. The molecule has 4 rings (SSSR count). The Labute approximate surface area is 260 Å². The Morgan fingerprint density at radius 2 is 1.84 bits per heavy atom. The molecule has 4 N–H and O–H groups in total. The number of anilines is 1. The van der Waals surface area contributed by atoms with Crippen molar-refractivity contribution in [2.24, 2.45) is 16.6 Å². The number of aromatic nitrogens is 2. The summed E-state index contributed by atoms with van der Waals surface area (Å²) in [6, 6.07) is 1.01. The van der Waals surface area contributed by atoms with E-state index in [2.05, 4.69) is 44.3 Å². The van der Waals surface area contributed by atoms with E-state index in [1.54, 1.807) is 4.90 Å². The summed E-state index contributed by atoms with van der Waals surface area (Å²) < 4.78 is 41.2. The van der Waals surface area contributed by atoms with Crippen LogP contribution in [-0.2, 0) is 11.0 Å². The lowest BCUT2D eigenvalue weighted by molar-refractivity contribution is -0.137. The van der Waals surface area contributed by atoms with Crippen molar-refractivity contribution in [1.82, 2.24) is 25.1 Å². The van der Waals surface area contributed by atoms with Gasteiger partial charge < -0.3 is 26.2 Å². The highest BCUT2D eigenvalue weighted by Crippen LogP contribution is 2.37. The van der Waals surface area contributed by atoms with E-state index in [9.17, 15) is 18.0 Å². The van der Waals surface area contributed by atoms with Gasteiger partial charge in [0.25, 0.3) is 5.95 Å². The molecule has 3 fully saturated rings. The summed E-state index contributed by atoms with van der Waals surface area (Å²) in [6.45, 7) is 8.07. The molecule has 1 aromatic heterocycles. The van der Waals surface area contributed by atoms with Crippen molar-refractivity contribution in [1.29, 1.82) is 0 Å². The van der Waals surface area contributed by atoms with E-state index in [1.807, 2.05) is 6.20 Å². The zero-order chi connectivity index (χ0) is 31.5. The summed E-state index contributed by atoms with van der Waals surface area (Å²) in [5.41, 5.74) is 6.32. The van der Waals surface area contributed by atoms with Crippen LogP contribution < -0.4 is 16.4 Å². The first-order valence-electron chi connectivity index (χ1n) is 16.7. The van der Waals surface area contributed by atoms with Gasteiger partial charge in [-0.25, -0.2) is 4.98 Å². The van der Waals surface area contributed by atoms with Gasteiger partial charge in [-0.05, 0) is 63.7 Å². The van der Waals surface area contributed by atoms with Gasteiger partial charge in [0.1, 0.15) is 17.2 Å². The van der Waals surface area contributed by atoms with E-state index >= 15 is 0 Å². The van der Waals surface area contributed by atoms with Gasteiger partial charge in [0.2, 0.25) is 5.91 Å². The molecule has 1 saturated carbocycles. The molecule has 0 bridgehead atoms. The number of piperidine rings is 1. The minimum absolute atomic E-state index is 0.111. The van der Waals surface area contributed by atoms with Gasteiger partial charge in [-0.15, -0.1) is 0 Å². The van der Waals surface area contributed by atoms with Crippen LogP contribution in [0.3, 0.4) is 0 Å². The van der Waals surface area contributed by atoms with Crippen LogP contribution in [0.5, 0.6) is 0 Å². The maximum atomic E-state index is 13.7. The van der Waals surface area contributed by atoms with Crippen LogP contribution >= 0.6 is 0 Å². The Kier molecular flexibility index (Phi) is 12.7. The maximum Gasteiger partial charge on any atom is 0.421 e. The van der Waals surface area contributed by atoms with Crippen molar-refractivity contribution in [2.45, 2.75) is 116 Å². The third-order valence-corrected chi connectivity index (χ3v) is 8.95. The van der Waals surface area contributed by atoms with Gasteiger partial charge in [0, 0.05) is 69.2 Å². The van der Waals surface area contributed by atoms with Gasteiger partial charge in [0.05, 0.1) is 0 Å². The number of nitrogens with zero attached hydrogens (tertiary/aromatic N) is 5. The highest BCUT2D eigenvalue weighted by molar-refractivity contribution is 5.99. The summed E-state index contributed by atoms with van der Waals surface area (Å²) in [4.78, 5) is 29.0. The molecular formula is C32H51F3N8O. The lowest BCUT2D eigenvalue weighted by Crippen LogP contribution is -2.45. The molecule has 1 amide bonds. The molecule has 246 valence electrons. The third kappa shape index (κ3) is 10.1. The molecule has 0 atom stereocenters. The zero-order valence-corrected chi connectivity index (χ0v) is 26.5. The lowest BCUT2D eigenvalue weighted by Gasteiger charge is -2.38. The predicted molar refractivity (Wildman–Crippen MR) is 169 cm³/mol. The molecule has 9 nitrogen and oxygen atoms in total. The van der Waals surface area contributed by atoms with E-state index in [0.717, 1.165) is 69.8 Å². The van der Waals surface area contributed by atoms with E-state index < -0.39 is 11.7 Å². The highest BCUT2D eigenvalue weighted by Gasteiger charge is 2.35. The van der Waals surface area contributed by atoms with Crippen molar-refractivity contribution in [3.63, 3.8) is 0 Å². The number of nitrogens with two attached hydrogens (primary N) is 1. The van der Waals surface area contributed by atoms with Crippen LogP contribution in [0.2, 0.25) is 0 Å². The molecule has 1 aromatic rings. The number of carbonyl (C=O) groups is 1. The number of nitrogens with one attached hydrogen (secondary N) is 2. The fourth-order valence-corrected chi connectivity index (χ4v) is 6.30. The molecule has 2 saturated heterocycles. The number of hydrogen-bond donors (Lipinski definition) is 3. The van der Waals surface area contributed by atoms with Crippen LogP contribution in [-0.4, -0.2) is 76.3 Å². The number of hydrogen-bond acceptors (Lipinski definition) is 7. The topological polar surface area (TPSA) is 112 Å². The molecule has 12 heteroatoms. The minimum atomic E-state index is -4.62. The average molecular weight is 621 g/mol. The maximum absolute atomic E-state index is 13.7. The van der Waals surface area contributed by atoms with E-state index in [4.69, 9.17) is 5.73 Å². The number of amides is 1. The Morgan fingerprint density at radius 3 is 2.50 bits per heavy atom. The third-order valence-electron chi connectivity index (χ3n) is 8.95. The Morgan fingerprint density at radius 1 is 1.11 bits per heavy atom. The molecule has 0 unspecified atom stereocenters. The number of rotatable bonds is 15. The van der Waals surface area contributed by atoms with E-state index in [1.165, 1.54) is 25.7 Å². The number of aliphatic imine (C=N–C) groups is 1. The highest BCUT2D eigenvalue weighted by atomic mass is 19.4. The van der Waals surface area contributed by atoms with Gasteiger partial charge >= 0.3 is 6.18 Å². The minimum Gasteiger partial charge on any atom is -0.388 e. The van der Waals surface area contributed by atoms with Gasteiger partial charge in [0.15, 0.2) is 0 Å². The molecule has 1 aliphatic carbocycles. The SMILES string of the molecule is CCCC(CCC)N1CCC(N/C=C(\C(N)=N\c2ncc(C(F)(F)F)c(NCCCN3CCCCCC3=O)n2)C2CC2)CC1. The molecule has 3 aliphatic rings. The summed E-state index contributed by atoms with van der Waals surface area (Å²) >= 11 is 0. The van der Waals surface area contributed by atoms with Gasteiger partial charge in [-0.3, -0.25) is 4.79 Å². The second-order valence-electron chi connectivity index (χ2n) is 12.5. The second-order valence-corrected chi connectivity index (χ2v) is 12.5. The lowest BCUT2D eigenvalue weighted by atomic mass is 9.98. The first-order valence-corrected chi connectivity index (χ1v) is 16.7. The fourth-order valence-electron chi connectivity index (χ4n) is 6.30. The monoisotopic (exact) mass is 620 g/mol. The second kappa shape index (κ2) is 16.4. The van der Waals surface area contributed by atoms with E-state index in [0.29, 0.717) is 38.0 Å². The van der Waals surface area contributed by atoms with Crippen molar-refractivity contribution >= 4 is 23.5 Å². The molecule has 2 aliphatic heterocycles. The zero-order valence-electron chi connectivity index (χ0n) is 26.5.